The highest BCUT2D eigenvalue weighted by Gasteiger charge is 2.28. The molecule has 6 nitrogen and oxygen atoms in total. The van der Waals surface area contributed by atoms with Crippen LogP contribution in [0.4, 0.5) is 0 Å². The maximum Gasteiger partial charge on any atom is 0.249 e. The number of amides is 1. The Morgan fingerprint density at radius 2 is 0.616 bits per heavy atom. The summed E-state index contributed by atoms with van der Waals surface area (Å²) < 4.78 is 0. The fourth-order valence-corrected chi connectivity index (χ4v) is 9.88. The summed E-state index contributed by atoms with van der Waals surface area (Å²) in [5.74, 6) is -0.599. The van der Waals surface area contributed by atoms with E-state index in [1.807, 2.05) is 0 Å². The van der Waals surface area contributed by atoms with Crippen molar-refractivity contribution in [1.82, 2.24) is 5.32 Å². The molecule has 0 aliphatic rings. The van der Waals surface area contributed by atoms with Crippen molar-refractivity contribution in [1.29, 1.82) is 0 Å². The van der Waals surface area contributed by atoms with E-state index in [0.717, 1.165) is 57.8 Å². The maximum absolute atomic E-state index is 12.6. The normalized spacial score (nSPS) is 14.0. The Kier molecular flexibility index (Phi) is 59.2. The summed E-state index contributed by atoms with van der Waals surface area (Å²) in [6, 6.07) is -1.02. The van der Waals surface area contributed by atoms with Crippen LogP contribution in [0, 0.1) is 0 Å². The topological polar surface area (TPSA) is 110 Å². The summed E-state index contributed by atoms with van der Waals surface area (Å²) in [7, 11) is 0. The number of rotatable bonds is 59. The van der Waals surface area contributed by atoms with Crippen LogP contribution < -0.4 is 5.32 Å². The molecule has 5 N–H and O–H groups in total. The SMILES string of the molecule is CCCCCCCCCCC/C=C\C/C=C\CCCCCCCCCCCCCCC(O)C(=O)NC(CO)C(O)C(O)CCC/C=C/CC/C=C/CC/C=C/CCCCCCCCCCCCCCCCCC. The summed E-state index contributed by atoms with van der Waals surface area (Å²) in [6.45, 7) is 4.07. The quantitative estimate of drug-likeness (QED) is 0.0308. The number of carbonyl (C=O) groups excluding carboxylic acids is 1. The lowest BCUT2D eigenvalue weighted by Gasteiger charge is -2.27. The number of unbranched alkanes of at least 4 members (excludes halogenated alkanes) is 40. The lowest BCUT2D eigenvalue weighted by molar-refractivity contribution is -0.132. The first-order valence-electron chi connectivity index (χ1n) is 32.2. The van der Waals surface area contributed by atoms with Crippen LogP contribution in [0.5, 0.6) is 0 Å². The van der Waals surface area contributed by atoms with E-state index in [-0.39, 0.29) is 0 Å². The first-order chi connectivity index (χ1) is 36.0. The Morgan fingerprint density at radius 1 is 0.342 bits per heavy atom. The van der Waals surface area contributed by atoms with Crippen molar-refractivity contribution in [2.24, 2.45) is 0 Å². The Bertz CT molecular complexity index is 1240. The Hall–Kier alpha value is -1.99. The molecular formula is C67H125NO5. The minimum absolute atomic E-state index is 0.355. The van der Waals surface area contributed by atoms with Gasteiger partial charge in [0.15, 0.2) is 0 Å². The monoisotopic (exact) mass is 1020 g/mol. The van der Waals surface area contributed by atoms with Crippen LogP contribution in [0.15, 0.2) is 60.8 Å². The molecule has 0 spiro atoms. The van der Waals surface area contributed by atoms with Crippen LogP contribution in [-0.4, -0.2) is 57.3 Å². The largest absolute Gasteiger partial charge is 0.394 e. The van der Waals surface area contributed by atoms with Gasteiger partial charge in [0.2, 0.25) is 5.91 Å². The van der Waals surface area contributed by atoms with E-state index < -0.39 is 36.9 Å². The van der Waals surface area contributed by atoms with Gasteiger partial charge >= 0.3 is 0 Å². The number of carbonyl (C=O) groups is 1. The van der Waals surface area contributed by atoms with Crippen LogP contribution >= 0.6 is 0 Å². The van der Waals surface area contributed by atoms with E-state index in [1.165, 1.54) is 238 Å². The number of aliphatic hydroxyl groups excluding tert-OH is 4. The zero-order valence-corrected chi connectivity index (χ0v) is 48.6. The van der Waals surface area contributed by atoms with Crippen LogP contribution in [0.25, 0.3) is 0 Å². The Morgan fingerprint density at radius 3 is 0.945 bits per heavy atom. The predicted molar refractivity (Wildman–Crippen MR) is 320 cm³/mol. The average Bonchev–Trinajstić information content (AvgIpc) is 3.40. The zero-order valence-electron chi connectivity index (χ0n) is 48.6. The van der Waals surface area contributed by atoms with Gasteiger partial charge in [-0.15, -0.1) is 0 Å². The number of allylic oxidation sites excluding steroid dienone is 10. The van der Waals surface area contributed by atoms with Crippen molar-refractivity contribution in [2.75, 3.05) is 6.61 Å². The second-order valence-electron chi connectivity index (χ2n) is 22.1. The van der Waals surface area contributed by atoms with E-state index in [9.17, 15) is 25.2 Å². The molecule has 4 unspecified atom stereocenters. The van der Waals surface area contributed by atoms with Gasteiger partial charge in [0.1, 0.15) is 12.2 Å². The van der Waals surface area contributed by atoms with Crippen molar-refractivity contribution in [2.45, 2.75) is 353 Å². The third-order valence-corrected chi connectivity index (χ3v) is 14.9. The minimum Gasteiger partial charge on any atom is -0.394 e. The second-order valence-corrected chi connectivity index (χ2v) is 22.1. The van der Waals surface area contributed by atoms with Crippen molar-refractivity contribution < 1.29 is 25.2 Å². The van der Waals surface area contributed by atoms with Crippen molar-refractivity contribution in [3.63, 3.8) is 0 Å². The van der Waals surface area contributed by atoms with Gasteiger partial charge in [-0.25, -0.2) is 0 Å². The molecule has 0 rings (SSSR count). The highest BCUT2D eigenvalue weighted by atomic mass is 16.3. The van der Waals surface area contributed by atoms with Crippen LogP contribution in [0.1, 0.15) is 328 Å². The number of hydrogen-bond acceptors (Lipinski definition) is 5. The number of hydrogen-bond donors (Lipinski definition) is 5. The molecule has 4 atom stereocenters. The number of nitrogens with one attached hydrogen (secondary N) is 1. The molecule has 0 aromatic rings. The molecule has 0 aliphatic carbocycles. The first-order valence-corrected chi connectivity index (χ1v) is 32.2. The van der Waals surface area contributed by atoms with Gasteiger partial charge in [-0.3, -0.25) is 4.79 Å². The standard InChI is InChI=1S/C67H125NO5/c1-3-5-7-9-11-13-15-17-19-21-23-25-27-29-31-33-35-36-38-40-42-44-46-48-50-52-54-56-58-60-64(70)66(72)63(62-69)68-67(73)65(71)61-59-57-55-53-51-49-47-45-43-41-39-37-34-32-30-28-26-24-22-20-18-16-14-12-10-8-6-4-2/h24,26,30,32,36,38,44,46,52,54,63-66,69-72H,3-23,25,27-29,31,33-35,37,39-43,45,47-51,53,55-62H2,1-2H3,(H,68,73)/b26-24-,32-30-,38-36+,46-44+,54-52+. The van der Waals surface area contributed by atoms with E-state index in [1.54, 1.807) is 0 Å². The van der Waals surface area contributed by atoms with Gasteiger partial charge in [0.25, 0.3) is 0 Å². The lowest BCUT2D eigenvalue weighted by atomic mass is 10.00. The summed E-state index contributed by atoms with van der Waals surface area (Å²) in [4.78, 5) is 12.6. The highest BCUT2D eigenvalue weighted by Crippen LogP contribution is 2.17. The van der Waals surface area contributed by atoms with Crippen LogP contribution in [0.2, 0.25) is 0 Å². The van der Waals surface area contributed by atoms with Gasteiger partial charge in [-0.2, -0.15) is 0 Å². The van der Waals surface area contributed by atoms with Gasteiger partial charge in [0.05, 0.1) is 18.8 Å². The number of aliphatic hydroxyl groups is 4. The van der Waals surface area contributed by atoms with Crippen molar-refractivity contribution in [3.05, 3.63) is 60.8 Å². The first kappa shape index (κ1) is 71.0. The molecule has 0 saturated heterocycles. The third-order valence-electron chi connectivity index (χ3n) is 14.9. The molecule has 1 amide bonds. The zero-order chi connectivity index (χ0) is 53.0. The summed E-state index contributed by atoms with van der Waals surface area (Å²) >= 11 is 0. The second kappa shape index (κ2) is 60.9. The molecule has 0 heterocycles. The summed E-state index contributed by atoms with van der Waals surface area (Å²) in [5.41, 5.74) is 0. The third kappa shape index (κ3) is 54.6. The molecule has 0 aromatic heterocycles. The van der Waals surface area contributed by atoms with Crippen molar-refractivity contribution in [3.8, 4) is 0 Å². The lowest BCUT2D eigenvalue weighted by Crippen LogP contribution is -2.53. The van der Waals surface area contributed by atoms with Crippen molar-refractivity contribution >= 4 is 5.91 Å². The molecule has 0 aromatic carbocycles. The van der Waals surface area contributed by atoms with Gasteiger partial charge in [-0.1, -0.05) is 293 Å². The van der Waals surface area contributed by atoms with Gasteiger partial charge in [-0.05, 0) is 96.3 Å². The molecule has 0 saturated carbocycles. The summed E-state index contributed by atoms with van der Waals surface area (Å²) in [5, 5.41) is 44.1. The highest BCUT2D eigenvalue weighted by molar-refractivity contribution is 5.80. The molecule has 0 fully saturated rings. The molecule has 0 bridgehead atoms. The maximum atomic E-state index is 12.6. The van der Waals surface area contributed by atoms with Crippen LogP contribution in [-0.2, 0) is 4.79 Å². The van der Waals surface area contributed by atoms with Crippen LogP contribution in [0.3, 0.4) is 0 Å². The Labute approximate surface area is 454 Å². The smallest absolute Gasteiger partial charge is 0.249 e. The molecular weight excluding hydrogens is 899 g/mol. The molecule has 73 heavy (non-hydrogen) atoms. The van der Waals surface area contributed by atoms with Gasteiger partial charge < -0.3 is 25.7 Å². The fraction of sp³-hybridized carbons (Fsp3) is 0.836. The minimum atomic E-state index is -1.30. The van der Waals surface area contributed by atoms with E-state index in [4.69, 9.17) is 0 Å². The molecule has 428 valence electrons. The van der Waals surface area contributed by atoms with E-state index in [0.29, 0.717) is 19.3 Å². The fourth-order valence-electron chi connectivity index (χ4n) is 9.88. The Balaban J connectivity index is 3.68. The van der Waals surface area contributed by atoms with Gasteiger partial charge in [0, 0.05) is 0 Å². The summed E-state index contributed by atoms with van der Waals surface area (Å²) in [6.07, 6.45) is 80.3. The predicted octanol–water partition coefficient (Wildman–Crippen LogP) is 19.5. The van der Waals surface area contributed by atoms with E-state index in [2.05, 4.69) is 79.9 Å². The molecule has 0 radical (unpaired) electrons. The van der Waals surface area contributed by atoms with E-state index >= 15 is 0 Å². The molecule has 0 aliphatic heterocycles. The average molecular weight is 1020 g/mol. The molecule has 6 heteroatoms.